The number of allylic oxidation sites excluding steroid dienone is 2. The summed E-state index contributed by atoms with van der Waals surface area (Å²) in [5.74, 6) is 0.464. The van der Waals surface area contributed by atoms with Crippen molar-refractivity contribution in [3.63, 3.8) is 0 Å². The zero-order chi connectivity index (χ0) is 10.8. The second kappa shape index (κ2) is 4.31. The summed E-state index contributed by atoms with van der Waals surface area (Å²) in [6.45, 7) is 10.3. The Morgan fingerprint density at radius 2 is 2.43 bits per heavy atom. The first-order chi connectivity index (χ1) is 6.50. The van der Waals surface area contributed by atoms with Gasteiger partial charge in [0.15, 0.2) is 0 Å². The van der Waals surface area contributed by atoms with Gasteiger partial charge >= 0.3 is 0 Å². The van der Waals surface area contributed by atoms with Crippen LogP contribution in [0.5, 0.6) is 0 Å². The third-order valence-corrected chi connectivity index (χ3v) is 3.78. The van der Waals surface area contributed by atoms with Crippen molar-refractivity contribution in [2.24, 2.45) is 11.3 Å². The second-order valence-electron chi connectivity index (χ2n) is 4.85. The number of rotatable bonds is 3. The molecule has 1 nitrogen and oxygen atoms in total. The van der Waals surface area contributed by atoms with Crippen molar-refractivity contribution in [3.8, 4) is 0 Å². The van der Waals surface area contributed by atoms with E-state index in [1.165, 1.54) is 5.57 Å². The minimum Gasteiger partial charge on any atom is -0.392 e. The maximum absolute atomic E-state index is 10.1. The summed E-state index contributed by atoms with van der Waals surface area (Å²) in [5, 5.41) is 10.1. The summed E-state index contributed by atoms with van der Waals surface area (Å²) in [6.07, 6.45) is 6.78. The quantitative estimate of drug-likeness (QED) is 0.683. The highest BCUT2D eigenvalue weighted by Crippen LogP contribution is 2.43. The molecule has 0 aromatic heterocycles. The van der Waals surface area contributed by atoms with Gasteiger partial charge in [-0.3, -0.25) is 0 Å². The largest absolute Gasteiger partial charge is 0.392 e. The minimum atomic E-state index is -0.251. The fourth-order valence-corrected chi connectivity index (χ4v) is 2.29. The van der Waals surface area contributed by atoms with Crippen LogP contribution in [0.1, 0.15) is 40.0 Å². The highest BCUT2D eigenvalue weighted by Gasteiger charge is 2.38. The normalized spacial score (nSPS) is 34.9. The van der Waals surface area contributed by atoms with Gasteiger partial charge in [-0.15, -0.1) is 6.58 Å². The van der Waals surface area contributed by atoms with E-state index >= 15 is 0 Å². The van der Waals surface area contributed by atoms with E-state index in [0.29, 0.717) is 12.3 Å². The zero-order valence-corrected chi connectivity index (χ0v) is 9.59. The Hall–Kier alpha value is -0.560. The topological polar surface area (TPSA) is 20.2 Å². The SMILES string of the molecule is C=CC[C@H](O)[C@]1(C)CCC(C)=C[C@@H]1C. The molecule has 0 heterocycles. The molecule has 14 heavy (non-hydrogen) atoms. The van der Waals surface area contributed by atoms with E-state index in [1.807, 2.05) is 6.08 Å². The maximum Gasteiger partial charge on any atom is 0.0633 e. The van der Waals surface area contributed by atoms with Crippen LogP contribution in [0.25, 0.3) is 0 Å². The Labute approximate surface area is 87.5 Å². The van der Waals surface area contributed by atoms with Crippen LogP contribution in [-0.4, -0.2) is 11.2 Å². The van der Waals surface area contributed by atoms with Gasteiger partial charge < -0.3 is 5.11 Å². The summed E-state index contributed by atoms with van der Waals surface area (Å²) in [4.78, 5) is 0. The van der Waals surface area contributed by atoms with E-state index in [0.717, 1.165) is 12.8 Å². The Kier molecular flexibility index (Phi) is 3.54. The standard InChI is InChI=1S/C13H22O/c1-5-6-12(14)13(4)8-7-10(2)9-11(13)3/h5,9,11-12,14H,1,6-8H2,2-4H3/t11-,12-,13+/m0/s1. The highest BCUT2D eigenvalue weighted by molar-refractivity contribution is 5.11. The Morgan fingerprint density at radius 3 is 2.93 bits per heavy atom. The van der Waals surface area contributed by atoms with Crippen LogP contribution in [0, 0.1) is 11.3 Å². The molecule has 1 N–H and O–H groups in total. The lowest BCUT2D eigenvalue weighted by molar-refractivity contribution is 0.00314. The van der Waals surface area contributed by atoms with Crippen molar-refractivity contribution in [2.75, 3.05) is 0 Å². The molecule has 0 spiro atoms. The molecule has 80 valence electrons. The van der Waals surface area contributed by atoms with Crippen LogP contribution < -0.4 is 0 Å². The van der Waals surface area contributed by atoms with Crippen molar-refractivity contribution >= 4 is 0 Å². The van der Waals surface area contributed by atoms with Crippen LogP contribution in [-0.2, 0) is 0 Å². The zero-order valence-electron chi connectivity index (χ0n) is 9.59. The van der Waals surface area contributed by atoms with Crippen LogP contribution in [0.3, 0.4) is 0 Å². The highest BCUT2D eigenvalue weighted by atomic mass is 16.3. The first-order valence-electron chi connectivity index (χ1n) is 5.47. The number of aliphatic hydroxyl groups excluding tert-OH is 1. The summed E-state index contributed by atoms with van der Waals surface area (Å²) in [7, 11) is 0. The van der Waals surface area contributed by atoms with E-state index in [9.17, 15) is 5.11 Å². The fraction of sp³-hybridized carbons (Fsp3) is 0.692. The van der Waals surface area contributed by atoms with Gasteiger partial charge in [-0.05, 0) is 32.1 Å². The molecule has 0 aliphatic heterocycles. The molecular formula is C13H22O. The molecule has 0 saturated heterocycles. The average molecular weight is 194 g/mol. The van der Waals surface area contributed by atoms with E-state index in [4.69, 9.17) is 0 Å². The van der Waals surface area contributed by atoms with Gasteiger partial charge in [0.1, 0.15) is 0 Å². The Morgan fingerprint density at radius 1 is 1.79 bits per heavy atom. The van der Waals surface area contributed by atoms with Crippen molar-refractivity contribution in [2.45, 2.75) is 46.1 Å². The van der Waals surface area contributed by atoms with Crippen molar-refractivity contribution < 1.29 is 5.11 Å². The maximum atomic E-state index is 10.1. The summed E-state index contributed by atoms with van der Waals surface area (Å²) >= 11 is 0. The van der Waals surface area contributed by atoms with Gasteiger partial charge in [0.05, 0.1) is 6.10 Å². The summed E-state index contributed by atoms with van der Waals surface area (Å²) in [6, 6.07) is 0. The molecule has 1 aliphatic rings. The van der Waals surface area contributed by atoms with Crippen LogP contribution in [0.15, 0.2) is 24.3 Å². The molecule has 0 bridgehead atoms. The van der Waals surface area contributed by atoms with Gasteiger partial charge in [-0.1, -0.05) is 31.6 Å². The molecule has 0 saturated carbocycles. The Balaban J connectivity index is 2.79. The molecule has 1 aliphatic carbocycles. The lowest BCUT2D eigenvalue weighted by atomic mass is 9.66. The van der Waals surface area contributed by atoms with Crippen molar-refractivity contribution in [3.05, 3.63) is 24.3 Å². The number of hydrogen-bond acceptors (Lipinski definition) is 1. The lowest BCUT2D eigenvalue weighted by Gasteiger charge is -2.41. The molecule has 3 atom stereocenters. The van der Waals surface area contributed by atoms with Gasteiger partial charge in [-0.25, -0.2) is 0 Å². The molecular weight excluding hydrogens is 172 g/mol. The average Bonchev–Trinajstić information content (AvgIpc) is 2.12. The molecule has 0 unspecified atom stereocenters. The predicted octanol–water partition coefficient (Wildman–Crippen LogP) is 3.31. The van der Waals surface area contributed by atoms with E-state index in [2.05, 4.69) is 33.4 Å². The monoisotopic (exact) mass is 194 g/mol. The van der Waals surface area contributed by atoms with E-state index in [-0.39, 0.29) is 11.5 Å². The fourth-order valence-electron chi connectivity index (χ4n) is 2.29. The molecule has 0 aromatic rings. The number of aliphatic hydroxyl groups is 1. The van der Waals surface area contributed by atoms with Crippen molar-refractivity contribution in [1.29, 1.82) is 0 Å². The van der Waals surface area contributed by atoms with Crippen molar-refractivity contribution in [1.82, 2.24) is 0 Å². The second-order valence-corrected chi connectivity index (χ2v) is 4.85. The van der Waals surface area contributed by atoms with Crippen LogP contribution in [0.4, 0.5) is 0 Å². The third-order valence-electron chi connectivity index (χ3n) is 3.78. The molecule has 0 fully saturated rings. The van der Waals surface area contributed by atoms with E-state index in [1.54, 1.807) is 0 Å². The molecule has 0 radical (unpaired) electrons. The van der Waals surface area contributed by atoms with Crippen LogP contribution >= 0.6 is 0 Å². The smallest absolute Gasteiger partial charge is 0.0633 e. The van der Waals surface area contributed by atoms with Gasteiger partial charge in [0, 0.05) is 5.41 Å². The molecule has 0 amide bonds. The van der Waals surface area contributed by atoms with Crippen LogP contribution in [0.2, 0.25) is 0 Å². The number of hydrogen-bond donors (Lipinski definition) is 1. The molecule has 1 heteroatoms. The molecule has 1 rings (SSSR count). The van der Waals surface area contributed by atoms with Gasteiger partial charge in [0.25, 0.3) is 0 Å². The first-order valence-corrected chi connectivity index (χ1v) is 5.47. The minimum absolute atomic E-state index is 0.0354. The first kappa shape index (κ1) is 11.5. The molecule has 0 aromatic carbocycles. The summed E-state index contributed by atoms with van der Waals surface area (Å²) in [5.41, 5.74) is 1.49. The Bertz CT molecular complexity index is 242. The summed E-state index contributed by atoms with van der Waals surface area (Å²) < 4.78 is 0. The van der Waals surface area contributed by atoms with Gasteiger partial charge in [-0.2, -0.15) is 0 Å². The third kappa shape index (κ3) is 2.09. The predicted molar refractivity (Wildman–Crippen MR) is 61.1 cm³/mol. The lowest BCUT2D eigenvalue weighted by Crippen LogP contribution is -2.39. The van der Waals surface area contributed by atoms with Gasteiger partial charge in [0.2, 0.25) is 0 Å². The van der Waals surface area contributed by atoms with E-state index < -0.39 is 0 Å².